The highest BCUT2D eigenvalue weighted by Gasteiger charge is 2.31. The Morgan fingerprint density at radius 2 is 2.13 bits per heavy atom. The molecule has 2 atom stereocenters. The Kier molecular flexibility index (Phi) is 4.35. The first-order valence-corrected chi connectivity index (χ1v) is 9.98. The van der Waals surface area contributed by atoms with Crippen LogP contribution < -0.4 is 5.32 Å². The molecule has 1 saturated heterocycles. The van der Waals surface area contributed by atoms with E-state index in [9.17, 15) is 13.2 Å². The van der Waals surface area contributed by atoms with Crippen molar-refractivity contribution in [3.8, 4) is 0 Å². The van der Waals surface area contributed by atoms with Gasteiger partial charge in [-0.1, -0.05) is 0 Å². The number of sulfone groups is 1. The molecule has 0 spiro atoms. The molecule has 1 aromatic heterocycles. The van der Waals surface area contributed by atoms with E-state index in [1.165, 1.54) is 0 Å². The van der Waals surface area contributed by atoms with Crippen molar-refractivity contribution < 1.29 is 13.2 Å². The number of aromatic nitrogens is 2. The summed E-state index contributed by atoms with van der Waals surface area (Å²) in [6.07, 6.45) is 5.30. The minimum Gasteiger partial charge on any atom is -0.331 e. The quantitative estimate of drug-likeness (QED) is 0.827. The van der Waals surface area contributed by atoms with E-state index in [1.807, 2.05) is 20.2 Å². The number of fused-ring (bicyclic) bond motifs is 1. The van der Waals surface area contributed by atoms with Crippen molar-refractivity contribution in [2.75, 3.05) is 18.1 Å². The highest BCUT2D eigenvalue weighted by Crippen LogP contribution is 2.29. The van der Waals surface area contributed by atoms with Crippen LogP contribution in [0.3, 0.4) is 0 Å². The Labute approximate surface area is 137 Å². The van der Waals surface area contributed by atoms with Gasteiger partial charge < -0.3 is 10.2 Å². The van der Waals surface area contributed by atoms with Crippen LogP contribution in [0.2, 0.25) is 0 Å². The molecule has 0 bridgehead atoms. The number of carbonyl (C=O) groups is 1. The van der Waals surface area contributed by atoms with Crippen LogP contribution >= 0.6 is 0 Å². The lowest BCUT2D eigenvalue weighted by atomic mass is 9.93. The first-order chi connectivity index (χ1) is 10.9. The van der Waals surface area contributed by atoms with E-state index in [0.29, 0.717) is 6.42 Å². The Hall–Kier alpha value is -1.57. The lowest BCUT2D eigenvalue weighted by Gasteiger charge is -2.30. The maximum absolute atomic E-state index is 12.6. The molecule has 8 heteroatoms. The van der Waals surface area contributed by atoms with Crippen LogP contribution in [0.4, 0.5) is 4.79 Å². The van der Waals surface area contributed by atoms with Gasteiger partial charge in [-0.05, 0) is 32.6 Å². The predicted molar refractivity (Wildman–Crippen MR) is 86.9 cm³/mol. The van der Waals surface area contributed by atoms with Crippen molar-refractivity contribution in [3.63, 3.8) is 0 Å². The minimum absolute atomic E-state index is 0.0352. The van der Waals surface area contributed by atoms with Crippen LogP contribution in [-0.4, -0.2) is 53.2 Å². The number of carbonyl (C=O) groups excluding carboxylic acids is 1. The third kappa shape index (κ3) is 3.52. The predicted octanol–water partition coefficient (Wildman–Crippen LogP) is 1.02. The van der Waals surface area contributed by atoms with Crippen molar-refractivity contribution in [2.45, 2.75) is 44.7 Å². The third-order valence-electron chi connectivity index (χ3n) is 4.80. The normalized spacial score (nSPS) is 27.1. The Morgan fingerprint density at radius 3 is 2.91 bits per heavy atom. The molecule has 1 aliphatic heterocycles. The topological polar surface area (TPSA) is 84.3 Å². The molecule has 0 radical (unpaired) electrons. The van der Waals surface area contributed by atoms with Gasteiger partial charge in [0.25, 0.3) is 0 Å². The van der Waals surface area contributed by atoms with Crippen LogP contribution in [0.15, 0.2) is 6.20 Å². The van der Waals surface area contributed by atoms with E-state index in [2.05, 4.69) is 10.4 Å². The zero-order chi connectivity index (χ0) is 16.6. The van der Waals surface area contributed by atoms with Crippen molar-refractivity contribution in [2.24, 2.45) is 7.05 Å². The van der Waals surface area contributed by atoms with Crippen molar-refractivity contribution in [3.05, 3.63) is 17.5 Å². The van der Waals surface area contributed by atoms with Crippen LogP contribution in [0.1, 0.15) is 43.5 Å². The van der Waals surface area contributed by atoms with Gasteiger partial charge in [-0.15, -0.1) is 0 Å². The number of rotatable bonds is 1. The molecular weight excluding hydrogens is 316 g/mol. The number of hydrogen-bond acceptors (Lipinski definition) is 4. The lowest BCUT2D eigenvalue weighted by molar-refractivity contribution is 0.178. The second-order valence-electron chi connectivity index (χ2n) is 6.58. The average molecular weight is 340 g/mol. The molecule has 1 aromatic rings. The number of amides is 2. The van der Waals surface area contributed by atoms with Gasteiger partial charge in [0.2, 0.25) is 0 Å². The van der Waals surface area contributed by atoms with Gasteiger partial charge in [-0.3, -0.25) is 4.68 Å². The summed E-state index contributed by atoms with van der Waals surface area (Å²) in [4.78, 5) is 14.3. The molecule has 1 N–H and O–H groups in total. The first-order valence-electron chi connectivity index (χ1n) is 8.16. The van der Waals surface area contributed by atoms with Gasteiger partial charge in [0, 0.05) is 31.4 Å². The molecule has 7 nitrogen and oxygen atoms in total. The average Bonchev–Trinajstić information content (AvgIpc) is 2.80. The van der Waals surface area contributed by atoms with Gasteiger partial charge >= 0.3 is 6.03 Å². The maximum atomic E-state index is 12.6. The van der Waals surface area contributed by atoms with E-state index in [1.54, 1.807) is 9.58 Å². The van der Waals surface area contributed by atoms with E-state index in [4.69, 9.17) is 0 Å². The summed E-state index contributed by atoms with van der Waals surface area (Å²) in [5, 5.41) is 7.53. The third-order valence-corrected chi connectivity index (χ3v) is 6.46. The van der Waals surface area contributed by atoms with E-state index in [-0.39, 0.29) is 36.2 Å². The fourth-order valence-electron chi connectivity index (χ4n) is 3.42. The van der Waals surface area contributed by atoms with Gasteiger partial charge in [-0.2, -0.15) is 5.10 Å². The van der Waals surface area contributed by atoms with Crippen LogP contribution in [0, 0.1) is 0 Å². The highest BCUT2D eigenvalue weighted by molar-refractivity contribution is 7.91. The second kappa shape index (κ2) is 6.14. The molecule has 0 saturated carbocycles. The summed E-state index contributed by atoms with van der Waals surface area (Å²) in [6.45, 7) is 2.18. The van der Waals surface area contributed by atoms with Gasteiger partial charge in [0.15, 0.2) is 9.84 Å². The van der Waals surface area contributed by atoms with E-state index < -0.39 is 9.84 Å². The molecule has 0 unspecified atom stereocenters. The summed E-state index contributed by atoms with van der Waals surface area (Å²) in [5.74, 6) is 0.210. The summed E-state index contributed by atoms with van der Waals surface area (Å²) >= 11 is 0. The van der Waals surface area contributed by atoms with Crippen LogP contribution in [0.5, 0.6) is 0 Å². The van der Waals surface area contributed by atoms with E-state index >= 15 is 0 Å². The van der Waals surface area contributed by atoms with Crippen LogP contribution in [-0.2, 0) is 23.3 Å². The SMILES string of the molecule is C[C@@H]1CCS(=O)(=O)CCN1C(=O)N[C@@H]1CCCc2nn(C)cc21. The smallest absolute Gasteiger partial charge is 0.318 e. The van der Waals surface area contributed by atoms with Gasteiger partial charge in [0.05, 0.1) is 23.2 Å². The Morgan fingerprint density at radius 1 is 1.35 bits per heavy atom. The number of nitrogens with zero attached hydrogens (tertiary/aromatic N) is 3. The first kappa shape index (κ1) is 16.3. The molecule has 2 amide bonds. The number of aryl methyl sites for hydroxylation is 2. The Bertz CT molecular complexity index is 698. The van der Waals surface area contributed by atoms with Crippen LogP contribution in [0.25, 0.3) is 0 Å². The molecule has 0 aromatic carbocycles. The molecule has 1 fully saturated rings. The molecule has 1 aliphatic carbocycles. The monoisotopic (exact) mass is 340 g/mol. The summed E-state index contributed by atoms with van der Waals surface area (Å²) in [6, 6.07) is -0.271. The maximum Gasteiger partial charge on any atom is 0.318 e. The fraction of sp³-hybridized carbons (Fsp3) is 0.733. The highest BCUT2D eigenvalue weighted by atomic mass is 32.2. The zero-order valence-electron chi connectivity index (χ0n) is 13.7. The largest absolute Gasteiger partial charge is 0.331 e. The number of urea groups is 1. The molecule has 2 heterocycles. The zero-order valence-corrected chi connectivity index (χ0v) is 14.5. The van der Waals surface area contributed by atoms with Crippen molar-refractivity contribution in [1.29, 1.82) is 0 Å². The second-order valence-corrected chi connectivity index (χ2v) is 8.89. The molecule has 23 heavy (non-hydrogen) atoms. The van der Waals surface area contributed by atoms with Gasteiger partial charge in [0.1, 0.15) is 0 Å². The molecular formula is C15H24N4O3S. The van der Waals surface area contributed by atoms with Gasteiger partial charge in [-0.25, -0.2) is 13.2 Å². The summed E-state index contributed by atoms with van der Waals surface area (Å²) in [5.41, 5.74) is 2.14. The summed E-state index contributed by atoms with van der Waals surface area (Å²) < 4.78 is 25.3. The van der Waals surface area contributed by atoms with E-state index in [0.717, 1.165) is 30.5 Å². The number of hydrogen-bond donors (Lipinski definition) is 1. The summed E-state index contributed by atoms with van der Waals surface area (Å²) in [7, 11) is -1.14. The fourth-order valence-corrected chi connectivity index (χ4v) is 4.80. The van der Waals surface area contributed by atoms with Crippen molar-refractivity contribution >= 4 is 15.9 Å². The lowest BCUT2D eigenvalue weighted by Crippen LogP contribution is -2.47. The minimum atomic E-state index is -3.03. The molecule has 2 aliphatic rings. The Balaban J connectivity index is 1.72. The standard InChI is InChI=1S/C15H24N4O3S/c1-11-6-8-23(21,22)9-7-19(11)15(20)16-13-4-3-5-14-12(13)10-18(2)17-14/h10-11,13H,3-9H2,1-2H3,(H,16,20)/t11-,13-/m1/s1. The van der Waals surface area contributed by atoms with Crippen molar-refractivity contribution in [1.82, 2.24) is 20.0 Å². The molecule has 3 rings (SSSR count). The number of nitrogens with one attached hydrogen (secondary N) is 1. The molecule has 128 valence electrons.